The standard InChI is InChI=1S/C18H25NO4/c1-13-7-5-6-8-15(13)16(20)22-12-14-9-10-19(11-14)17(21)23-18(2,3)4/h5-8,14H,9-12H2,1-4H3. The zero-order valence-corrected chi connectivity index (χ0v) is 14.3. The minimum absolute atomic E-state index is 0.162. The molecule has 5 nitrogen and oxygen atoms in total. The SMILES string of the molecule is Cc1ccccc1C(=O)OCC1CCN(C(=O)OC(C)(C)C)C1. The molecule has 1 aromatic carbocycles. The van der Waals surface area contributed by atoms with Gasteiger partial charge in [0.25, 0.3) is 0 Å². The second kappa shape index (κ2) is 7.02. The van der Waals surface area contributed by atoms with Gasteiger partial charge in [0.05, 0.1) is 12.2 Å². The summed E-state index contributed by atoms with van der Waals surface area (Å²) in [4.78, 5) is 25.8. The highest BCUT2D eigenvalue weighted by atomic mass is 16.6. The second-order valence-electron chi connectivity index (χ2n) is 6.99. The summed E-state index contributed by atoms with van der Waals surface area (Å²) < 4.78 is 10.8. The van der Waals surface area contributed by atoms with Gasteiger partial charge in [-0.05, 0) is 45.7 Å². The third-order valence-electron chi connectivity index (χ3n) is 3.75. The molecule has 1 atom stereocenters. The minimum atomic E-state index is -0.494. The minimum Gasteiger partial charge on any atom is -0.462 e. The van der Waals surface area contributed by atoms with Crippen LogP contribution in [0.4, 0.5) is 4.79 Å². The maximum atomic E-state index is 12.1. The van der Waals surface area contributed by atoms with Gasteiger partial charge < -0.3 is 14.4 Å². The molecule has 1 fully saturated rings. The van der Waals surface area contributed by atoms with Crippen molar-refractivity contribution in [3.63, 3.8) is 0 Å². The fraction of sp³-hybridized carbons (Fsp3) is 0.556. The van der Waals surface area contributed by atoms with E-state index < -0.39 is 5.60 Å². The van der Waals surface area contributed by atoms with Crippen molar-refractivity contribution in [2.45, 2.75) is 39.7 Å². The first-order chi connectivity index (χ1) is 10.8. The van der Waals surface area contributed by atoms with E-state index in [0.717, 1.165) is 12.0 Å². The molecule has 0 spiro atoms. The number of ether oxygens (including phenoxy) is 2. The summed E-state index contributed by atoms with van der Waals surface area (Å²) in [5, 5.41) is 0. The van der Waals surface area contributed by atoms with Gasteiger partial charge in [-0.2, -0.15) is 0 Å². The van der Waals surface area contributed by atoms with Crippen LogP contribution >= 0.6 is 0 Å². The van der Waals surface area contributed by atoms with Crippen LogP contribution in [0.1, 0.15) is 43.1 Å². The van der Waals surface area contributed by atoms with Crippen molar-refractivity contribution in [1.29, 1.82) is 0 Å². The molecule has 1 aromatic rings. The van der Waals surface area contributed by atoms with Crippen LogP contribution in [0, 0.1) is 12.8 Å². The third-order valence-corrected chi connectivity index (χ3v) is 3.75. The van der Waals surface area contributed by atoms with Gasteiger partial charge >= 0.3 is 12.1 Å². The Kier molecular flexibility index (Phi) is 5.29. The highest BCUT2D eigenvalue weighted by Gasteiger charge is 2.30. The Balaban J connectivity index is 1.81. The number of likely N-dealkylation sites (tertiary alicyclic amines) is 1. The molecule has 0 radical (unpaired) electrons. The molecule has 1 aliphatic heterocycles. The number of esters is 1. The third kappa shape index (κ3) is 4.98. The van der Waals surface area contributed by atoms with Gasteiger partial charge in [0.15, 0.2) is 0 Å². The summed E-state index contributed by atoms with van der Waals surface area (Å²) in [5.41, 5.74) is 1.00. The highest BCUT2D eigenvalue weighted by molar-refractivity contribution is 5.90. The van der Waals surface area contributed by atoms with Crippen LogP contribution in [-0.2, 0) is 9.47 Å². The molecular weight excluding hydrogens is 294 g/mol. The number of rotatable bonds is 3. The normalized spacial score (nSPS) is 17.9. The Morgan fingerprint density at radius 2 is 1.96 bits per heavy atom. The second-order valence-corrected chi connectivity index (χ2v) is 6.99. The van der Waals surface area contributed by atoms with Crippen molar-refractivity contribution in [2.24, 2.45) is 5.92 Å². The lowest BCUT2D eigenvalue weighted by Gasteiger charge is -2.24. The topological polar surface area (TPSA) is 55.8 Å². The maximum absolute atomic E-state index is 12.1. The van der Waals surface area contributed by atoms with E-state index in [2.05, 4.69) is 0 Å². The molecule has 0 saturated carbocycles. The Bertz CT molecular complexity index is 577. The molecule has 1 aliphatic rings. The number of aryl methyl sites for hydroxylation is 1. The monoisotopic (exact) mass is 319 g/mol. The lowest BCUT2D eigenvalue weighted by molar-refractivity contribution is 0.0274. The highest BCUT2D eigenvalue weighted by Crippen LogP contribution is 2.20. The Hall–Kier alpha value is -2.04. The summed E-state index contributed by atoms with van der Waals surface area (Å²) in [7, 11) is 0. The summed E-state index contributed by atoms with van der Waals surface area (Å²) in [5.74, 6) is -0.144. The number of benzene rings is 1. The number of carbonyl (C=O) groups is 2. The molecule has 126 valence electrons. The van der Waals surface area contributed by atoms with Gasteiger partial charge in [-0.25, -0.2) is 9.59 Å². The quantitative estimate of drug-likeness (QED) is 0.801. The number of carbonyl (C=O) groups excluding carboxylic acids is 2. The molecule has 1 heterocycles. The number of hydrogen-bond donors (Lipinski definition) is 0. The first kappa shape index (κ1) is 17.3. The van der Waals surface area contributed by atoms with E-state index in [0.29, 0.717) is 25.3 Å². The van der Waals surface area contributed by atoms with Crippen LogP contribution in [-0.4, -0.2) is 42.3 Å². The van der Waals surface area contributed by atoms with Gasteiger partial charge in [-0.1, -0.05) is 18.2 Å². The molecule has 0 aromatic heterocycles. The van der Waals surface area contributed by atoms with Crippen LogP contribution in [0.15, 0.2) is 24.3 Å². The molecule has 23 heavy (non-hydrogen) atoms. The Morgan fingerprint density at radius 3 is 2.61 bits per heavy atom. The van der Waals surface area contributed by atoms with Crippen molar-refractivity contribution < 1.29 is 19.1 Å². The fourth-order valence-electron chi connectivity index (χ4n) is 2.53. The molecule has 1 unspecified atom stereocenters. The van der Waals surface area contributed by atoms with Gasteiger partial charge in [0, 0.05) is 19.0 Å². The molecule has 0 N–H and O–H groups in total. The fourth-order valence-corrected chi connectivity index (χ4v) is 2.53. The van der Waals surface area contributed by atoms with Crippen LogP contribution in [0.2, 0.25) is 0 Å². The van der Waals surface area contributed by atoms with E-state index in [1.165, 1.54) is 0 Å². The lowest BCUT2D eigenvalue weighted by Crippen LogP contribution is -2.35. The molecular formula is C18H25NO4. The summed E-state index contributed by atoms with van der Waals surface area (Å²) in [6, 6.07) is 7.36. The summed E-state index contributed by atoms with van der Waals surface area (Å²) in [6.45, 7) is 8.97. The average Bonchev–Trinajstić information content (AvgIpc) is 2.92. The number of nitrogens with zero attached hydrogens (tertiary/aromatic N) is 1. The maximum Gasteiger partial charge on any atom is 0.410 e. The summed E-state index contributed by atoms with van der Waals surface area (Å²) >= 11 is 0. The smallest absolute Gasteiger partial charge is 0.410 e. The van der Waals surface area contributed by atoms with Crippen molar-refractivity contribution in [2.75, 3.05) is 19.7 Å². The lowest BCUT2D eigenvalue weighted by atomic mass is 10.1. The van der Waals surface area contributed by atoms with Crippen LogP contribution in [0.5, 0.6) is 0 Å². The van der Waals surface area contributed by atoms with Gasteiger partial charge in [0.1, 0.15) is 5.60 Å². The van der Waals surface area contributed by atoms with Crippen molar-refractivity contribution in [3.8, 4) is 0 Å². The summed E-state index contributed by atoms with van der Waals surface area (Å²) in [6.07, 6.45) is 0.519. The first-order valence-electron chi connectivity index (χ1n) is 7.97. The van der Waals surface area contributed by atoms with E-state index in [1.54, 1.807) is 11.0 Å². The number of hydrogen-bond acceptors (Lipinski definition) is 4. The van der Waals surface area contributed by atoms with E-state index >= 15 is 0 Å². The number of amides is 1. The molecule has 2 rings (SSSR count). The zero-order valence-electron chi connectivity index (χ0n) is 14.3. The zero-order chi connectivity index (χ0) is 17.0. The van der Waals surface area contributed by atoms with E-state index in [9.17, 15) is 9.59 Å². The van der Waals surface area contributed by atoms with Gasteiger partial charge in [0.2, 0.25) is 0 Å². The first-order valence-corrected chi connectivity index (χ1v) is 7.97. The van der Waals surface area contributed by atoms with Crippen LogP contribution < -0.4 is 0 Å². The van der Waals surface area contributed by atoms with E-state index in [4.69, 9.17) is 9.47 Å². The average molecular weight is 319 g/mol. The van der Waals surface area contributed by atoms with Crippen molar-refractivity contribution >= 4 is 12.1 Å². The Labute approximate surface area is 137 Å². The largest absolute Gasteiger partial charge is 0.462 e. The van der Waals surface area contributed by atoms with E-state index in [1.807, 2.05) is 45.9 Å². The van der Waals surface area contributed by atoms with Gasteiger partial charge in [-0.15, -0.1) is 0 Å². The van der Waals surface area contributed by atoms with Crippen LogP contribution in [0.3, 0.4) is 0 Å². The van der Waals surface area contributed by atoms with E-state index in [-0.39, 0.29) is 18.0 Å². The predicted molar refractivity (Wildman–Crippen MR) is 87.4 cm³/mol. The molecule has 5 heteroatoms. The molecule has 1 saturated heterocycles. The molecule has 1 amide bonds. The molecule has 0 bridgehead atoms. The van der Waals surface area contributed by atoms with Crippen molar-refractivity contribution in [3.05, 3.63) is 35.4 Å². The molecule has 0 aliphatic carbocycles. The van der Waals surface area contributed by atoms with Crippen LogP contribution in [0.25, 0.3) is 0 Å². The predicted octanol–water partition coefficient (Wildman–Crippen LogP) is 3.41. The Morgan fingerprint density at radius 1 is 1.26 bits per heavy atom. The van der Waals surface area contributed by atoms with Crippen molar-refractivity contribution in [1.82, 2.24) is 4.90 Å². The van der Waals surface area contributed by atoms with Gasteiger partial charge in [-0.3, -0.25) is 0 Å².